The van der Waals surface area contributed by atoms with E-state index in [0.717, 1.165) is 41.8 Å². The van der Waals surface area contributed by atoms with Crippen LogP contribution in [0.25, 0.3) is 0 Å². The number of likely N-dealkylation sites (tertiary alicyclic amines) is 1. The molecule has 1 amide bonds. The van der Waals surface area contributed by atoms with Crippen LogP contribution in [0.3, 0.4) is 0 Å². The van der Waals surface area contributed by atoms with Crippen LogP contribution in [0.4, 0.5) is 5.69 Å². The van der Waals surface area contributed by atoms with E-state index in [4.69, 9.17) is 11.6 Å². The number of carbonyl (C=O) groups excluding carboxylic acids is 1. The normalized spacial score (nSPS) is 18.5. The van der Waals surface area contributed by atoms with Gasteiger partial charge in [-0.3, -0.25) is 9.10 Å². The number of anilines is 1. The van der Waals surface area contributed by atoms with E-state index in [2.05, 4.69) is 6.92 Å². The second-order valence-corrected chi connectivity index (χ2v) is 8.66. The van der Waals surface area contributed by atoms with Crippen LogP contribution in [-0.4, -0.2) is 44.6 Å². The molecule has 0 radical (unpaired) electrons. The average molecular weight is 373 g/mol. The predicted molar refractivity (Wildman–Crippen MR) is 98.0 cm³/mol. The van der Waals surface area contributed by atoms with Crippen molar-refractivity contribution in [1.82, 2.24) is 4.90 Å². The highest BCUT2D eigenvalue weighted by atomic mass is 35.5. The third-order valence-electron chi connectivity index (χ3n) is 4.54. The van der Waals surface area contributed by atoms with Crippen molar-refractivity contribution < 1.29 is 13.2 Å². The van der Waals surface area contributed by atoms with Crippen LogP contribution in [0.2, 0.25) is 5.02 Å². The summed E-state index contributed by atoms with van der Waals surface area (Å²) in [6.07, 6.45) is 5.07. The van der Waals surface area contributed by atoms with Crippen molar-refractivity contribution >= 4 is 33.2 Å². The van der Waals surface area contributed by atoms with Crippen LogP contribution in [0.15, 0.2) is 18.2 Å². The number of amides is 1. The van der Waals surface area contributed by atoms with Crippen molar-refractivity contribution in [2.75, 3.05) is 23.7 Å². The van der Waals surface area contributed by atoms with Gasteiger partial charge in [0.2, 0.25) is 15.9 Å². The van der Waals surface area contributed by atoms with E-state index in [1.165, 1.54) is 0 Å². The minimum absolute atomic E-state index is 0.149. The molecule has 1 fully saturated rings. The third kappa shape index (κ3) is 4.42. The number of piperidine rings is 1. The number of rotatable bonds is 5. The summed E-state index contributed by atoms with van der Waals surface area (Å²) in [6, 6.07) is 5.24. The second kappa shape index (κ2) is 7.74. The molecule has 1 aliphatic rings. The standard InChI is InChI=1S/C17H25ClN2O3S/c1-4-14-7-5-6-10-19(14)17(21)12-20(24(3,22)23)15-9-8-13(2)16(18)11-15/h8-9,11,14H,4-7,10,12H2,1-3H3. The van der Waals surface area contributed by atoms with Gasteiger partial charge in [0.05, 0.1) is 11.9 Å². The molecular formula is C17H25ClN2O3S. The summed E-state index contributed by atoms with van der Waals surface area (Å²) in [4.78, 5) is 14.6. The van der Waals surface area contributed by atoms with Crippen LogP contribution in [0.1, 0.15) is 38.2 Å². The third-order valence-corrected chi connectivity index (χ3v) is 6.09. The summed E-state index contributed by atoms with van der Waals surface area (Å²) in [7, 11) is -3.58. The Bertz CT molecular complexity index is 706. The fourth-order valence-electron chi connectivity index (χ4n) is 3.10. The Labute approximate surface area is 149 Å². The zero-order valence-electron chi connectivity index (χ0n) is 14.5. The van der Waals surface area contributed by atoms with Gasteiger partial charge in [0.25, 0.3) is 0 Å². The van der Waals surface area contributed by atoms with Crippen molar-refractivity contribution in [3.8, 4) is 0 Å². The van der Waals surface area contributed by atoms with E-state index >= 15 is 0 Å². The SMILES string of the molecule is CCC1CCCCN1C(=O)CN(c1ccc(C)c(Cl)c1)S(C)(=O)=O. The van der Waals surface area contributed by atoms with E-state index in [1.807, 2.05) is 11.8 Å². The maximum Gasteiger partial charge on any atom is 0.243 e. The summed E-state index contributed by atoms with van der Waals surface area (Å²) in [5.41, 5.74) is 1.29. The molecule has 1 heterocycles. The summed E-state index contributed by atoms with van der Waals surface area (Å²) in [6.45, 7) is 4.42. The van der Waals surface area contributed by atoms with Gasteiger partial charge in [-0.2, -0.15) is 0 Å². The van der Waals surface area contributed by atoms with E-state index in [0.29, 0.717) is 17.3 Å². The molecule has 1 aromatic carbocycles. The number of sulfonamides is 1. The van der Waals surface area contributed by atoms with Crippen LogP contribution in [-0.2, 0) is 14.8 Å². The summed E-state index contributed by atoms with van der Waals surface area (Å²) < 4.78 is 25.6. The Morgan fingerprint density at radius 1 is 1.38 bits per heavy atom. The van der Waals surface area contributed by atoms with Gasteiger partial charge in [-0.1, -0.05) is 24.6 Å². The average Bonchev–Trinajstić information content (AvgIpc) is 2.54. The van der Waals surface area contributed by atoms with Gasteiger partial charge >= 0.3 is 0 Å². The van der Waals surface area contributed by atoms with Gasteiger partial charge in [0, 0.05) is 17.6 Å². The molecule has 1 aliphatic heterocycles. The summed E-state index contributed by atoms with van der Waals surface area (Å²) in [5, 5.41) is 0.484. The molecule has 0 saturated carbocycles. The smallest absolute Gasteiger partial charge is 0.243 e. The van der Waals surface area contributed by atoms with Crippen LogP contribution >= 0.6 is 11.6 Å². The van der Waals surface area contributed by atoms with E-state index in [-0.39, 0.29) is 18.5 Å². The number of nitrogens with zero attached hydrogens (tertiary/aromatic N) is 2. The lowest BCUT2D eigenvalue weighted by Gasteiger charge is -2.36. The topological polar surface area (TPSA) is 57.7 Å². The molecule has 5 nitrogen and oxygen atoms in total. The first-order valence-electron chi connectivity index (χ1n) is 8.27. The lowest BCUT2D eigenvalue weighted by atomic mass is 10.00. The number of hydrogen-bond acceptors (Lipinski definition) is 3. The Kier molecular flexibility index (Phi) is 6.15. The largest absolute Gasteiger partial charge is 0.338 e. The number of carbonyl (C=O) groups is 1. The zero-order chi connectivity index (χ0) is 17.9. The van der Waals surface area contributed by atoms with E-state index in [1.54, 1.807) is 18.2 Å². The quantitative estimate of drug-likeness (QED) is 0.797. The molecule has 0 spiro atoms. The maximum absolute atomic E-state index is 12.7. The lowest BCUT2D eigenvalue weighted by Crippen LogP contribution is -2.48. The van der Waals surface area contributed by atoms with Crippen molar-refractivity contribution in [2.24, 2.45) is 0 Å². The predicted octanol–water partition coefficient (Wildman–Crippen LogP) is 3.21. The van der Waals surface area contributed by atoms with Gasteiger partial charge in [0.15, 0.2) is 0 Å². The first-order valence-corrected chi connectivity index (χ1v) is 10.5. The summed E-state index contributed by atoms with van der Waals surface area (Å²) in [5.74, 6) is -0.149. The Morgan fingerprint density at radius 3 is 2.67 bits per heavy atom. The van der Waals surface area contributed by atoms with Crippen molar-refractivity contribution in [2.45, 2.75) is 45.6 Å². The van der Waals surface area contributed by atoms with Gasteiger partial charge in [-0.25, -0.2) is 8.42 Å². The van der Waals surface area contributed by atoms with Crippen LogP contribution < -0.4 is 4.31 Å². The van der Waals surface area contributed by atoms with Crippen molar-refractivity contribution in [3.63, 3.8) is 0 Å². The van der Waals surface area contributed by atoms with Crippen molar-refractivity contribution in [1.29, 1.82) is 0 Å². The molecule has 1 unspecified atom stereocenters. The highest BCUT2D eigenvalue weighted by Crippen LogP contribution is 2.26. The Hall–Kier alpha value is -1.27. The fourth-order valence-corrected chi connectivity index (χ4v) is 4.12. The van der Waals surface area contributed by atoms with Gasteiger partial charge in [-0.05, 0) is 50.3 Å². The zero-order valence-corrected chi connectivity index (χ0v) is 16.0. The minimum atomic E-state index is -3.58. The molecule has 0 aliphatic carbocycles. The van der Waals surface area contributed by atoms with Crippen LogP contribution in [0, 0.1) is 6.92 Å². The van der Waals surface area contributed by atoms with Gasteiger partial charge < -0.3 is 4.90 Å². The second-order valence-electron chi connectivity index (χ2n) is 6.35. The highest BCUT2D eigenvalue weighted by molar-refractivity contribution is 7.92. The Morgan fingerprint density at radius 2 is 2.08 bits per heavy atom. The first-order chi connectivity index (χ1) is 11.2. The molecular weight excluding hydrogens is 348 g/mol. The lowest BCUT2D eigenvalue weighted by molar-refractivity contribution is -0.133. The minimum Gasteiger partial charge on any atom is -0.338 e. The number of benzene rings is 1. The highest BCUT2D eigenvalue weighted by Gasteiger charge is 2.29. The molecule has 1 saturated heterocycles. The molecule has 0 N–H and O–H groups in total. The molecule has 1 aromatic rings. The number of halogens is 1. The molecule has 134 valence electrons. The van der Waals surface area contributed by atoms with Gasteiger partial charge in [0.1, 0.15) is 6.54 Å². The molecule has 0 bridgehead atoms. The van der Waals surface area contributed by atoms with Crippen molar-refractivity contribution in [3.05, 3.63) is 28.8 Å². The molecule has 7 heteroatoms. The molecule has 2 rings (SSSR count). The summed E-state index contributed by atoms with van der Waals surface area (Å²) >= 11 is 6.12. The number of hydrogen-bond donors (Lipinski definition) is 0. The van der Waals surface area contributed by atoms with Gasteiger partial charge in [-0.15, -0.1) is 0 Å². The maximum atomic E-state index is 12.7. The molecule has 24 heavy (non-hydrogen) atoms. The number of aryl methyl sites for hydroxylation is 1. The fraction of sp³-hybridized carbons (Fsp3) is 0.588. The monoisotopic (exact) mass is 372 g/mol. The van der Waals surface area contributed by atoms with E-state index < -0.39 is 10.0 Å². The first kappa shape index (κ1) is 19.1. The van der Waals surface area contributed by atoms with E-state index in [9.17, 15) is 13.2 Å². The van der Waals surface area contributed by atoms with Crippen LogP contribution in [0.5, 0.6) is 0 Å². The molecule has 0 aromatic heterocycles. The molecule has 1 atom stereocenters. The Balaban J connectivity index is 2.26.